The Hall–Kier alpha value is -1.30. The van der Waals surface area contributed by atoms with Gasteiger partial charge in [-0.25, -0.2) is 0 Å². The third kappa shape index (κ3) is 2.22. The molecule has 0 aromatic rings. The highest BCUT2D eigenvalue weighted by atomic mass is 16.5. The number of rotatable bonds is 3. The Morgan fingerprint density at radius 3 is 2.71 bits per heavy atom. The summed E-state index contributed by atoms with van der Waals surface area (Å²) in [6, 6.07) is 0.0558. The van der Waals surface area contributed by atoms with Gasteiger partial charge in [-0.2, -0.15) is 0 Å². The third-order valence-corrected chi connectivity index (χ3v) is 3.74. The largest absolute Gasteiger partial charge is 0.409 e. The first-order chi connectivity index (χ1) is 8.19. The van der Waals surface area contributed by atoms with Crippen molar-refractivity contribution in [2.24, 2.45) is 16.3 Å². The van der Waals surface area contributed by atoms with Crippen molar-refractivity contribution >= 4 is 11.7 Å². The van der Waals surface area contributed by atoms with Crippen LogP contribution >= 0.6 is 0 Å². The number of oxime groups is 1. The zero-order valence-electron chi connectivity index (χ0n) is 9.82. The Labute approximate surface area is 100 Å². The molecule has 96 valence electrons. The highest BCUT2D eigenvalue weighted by Gasteiger charge is 2.48. The molecule has 6 heteroatoms. The van der Waals surface area contributed by atoms with Crippen molar-refractivity contribution in [3.05, 3.63) is 0 Å². The normalized spacial score (nSPS) is 28.2. The van der Waals surface area contributed by atoms with E-state index in [0.29, 0.717) is 19.4 Å². The number of carbonyl (C=O) groups excluding carboxylic acids is 1. The maximum absolute atomic E-state index is 12.2. The second kappa shape index (κ2) is 4.91. The van der Waals surface area contributed by atoms with Crippen molar-refractivity contribution < 1.29 is 14.7 Å². The molecular weight excluding hydrogens is 222 g/mol. The first kappa shape index (κ1) is 12.2. The Bertz CT molecular complexity index is 320. The number of amidine groups is 1. The molecule has 0 aromatic carbocycles. The second-order valence-corrected chi connectivity index (χ2v) is 4.81. The highest BCUT2D eigenvalue weighted by molar-refractivity contribution is 6.07. The molecule has 1 heterocycles. The predicted octanol–water partition coefficient (Wildman–Crippen LogP) is 0.198. The van der Waals surface area contributed by atoms with E-state index in [4.69, 9.17) is 15.7 Å². The van der Waals surface area contributed by atoms with Crippen LogP contribution in [0.1, 0.15) is 32.1 Å². The van der Waals surface area contributed by atoms with Crippen LogP contribution in [0.25, 0.3) is 0 Å². The Morgan fingerprint density at radius 1 is 1.47 bits per heavy atom. The molecule has 6 nitrogen and oxygen atoms in total. The molecule has 1 saturated heterocycles. The van der Waals surface area contributed by atoms with E-state index in [1.54, 1.807) is 0 Å². The Morgan fingerprint density at radius 2 is 2.24 bits per heavy atom. The van der Waals surface area contributed by atoms with Gasteiger partial charge in [0.1, 0.15) is 5.41 Å². The molecule has 2 rings (SSSR count). The summed E-state index contributed by atoms with van der Waals surface area (Å²) in [6.07, 6.45) is 4.13. The van der Waals surface area contributed by atoms with Gasteiger partial charge < -0.3 is 21.0 Å². The quantitative estimate of drug-likeness (QED) is 0.284. The fraction of sp³-hybridized carbons (Fsp3) is 0.818. The molecule has 1 atom stereocenters. The molecule has 17 heavy (non-hydrogen) atoms. The summed E-state index contributed by atoms with van der Waals surface area (Å²) < 4.78 is 5.31. The van der Waals surface area contributed by atoms with E-state index in [1.807, 2.05) is 0 Å². The van der Waals surface area contributed by atoms with Crippen LogP contribution in [0.5, 0.6) is 0 Å². The first-order valence-corrected chi connectivity index (χ1v) is 6.06. The maximum atomic E-state index is 12.2. The maximum Gasteiger partial charge on any atom is 0.234 e. The van der Waals surface area contributed by atoms with Gasteiger partial charge >= 0.3 is 0 Å². The number of carbonyl (C=O) groups is 1. The molecule has 1 saturated carbocycles. The van der Waals surface area contributed by atoms with Crippen LogP contribution in [0.4, 0.5) is 0 Å². The van der Waals surface area contributed by atoms with Crippen LogP contribution < -0.4 is 11.1 Å². The minimum Gasteiger partial charge on any atom is -0.409 e. The molecule has 0 bridgehead atoms. The summed E-state index contributed by atoms with van der Waals surface area (Å²) >= 11 is 0. The molecule has 1 unspecified atom stereocenters. The van der Waals surface area contributed by atoms with E-state index in [9.17, 15) is 4.79 Å². The minimum absolute atomic E-state index is 0.0259. The fourth-order valence-electron chi connectivity index (χ4n) is 2.40. The van der Waals surface area contributed by atoms with E-state index in [2.05, 4.69) is 10.5 Å². The van der Waals surface area contributed by atoms with Gasteiger partial charge in [0.15, 0.2) is 5.84 Å². The van der Waals surface area contributed by atoms with E-state index < -0.39 is 5.41 Å². The summed E-state index contributed by atoms with van der Waals surface area (Å²) in [5.74, 6) is -0.104. The van der Waals surface area contributed by atoms with Crippen LogP contribution in [-0.4, -0.2) is 36.2 Å². The molecule has 1 amide bonds. The summed E-state index contributed by atoms with van der Waals surface area (Å²) in [5, 5.41) is 14.7. The van der Waals surface area contributed by atoms with Gasteiger partial charge in [-0.3, -0.25) is 4.79 Å². The van der Waals surface area contributed by atoms with Gasteiger partial charge in [-0.15, -0.1) is 0 Å². The van der Waals surface area contributed by atoms with Crippen LogP contribution in [0.3, 0.4) is 0 Å². The second-order valence-electron chi connectivity index (χ2n) is 4.81. The number of nitrogens with zero attached hydrogens (tertiary/aromatic N) is 1. The van der Waals surface area contributed by atoms with Crippen LogP contribution in [0.2, 0.25) is 0 Å². The van der Waals surface area contributed by atoms with Crippen molar-refractivity contribution in [2.45, 2.75) is 38.1 Å². The molecule has 0 aromatic heterocycles. The monoisotopic (exact) mass is 241 g/mol. The van der Waals surface area contributed by atoms with E-state index >= 15 is 0 Å². The van der Waals surface area contributed by atoms with Crippen molar-refractivity contribution in [1.29, 1.82) is 0 Å². The van der Waals surface area contributed by atoms with Crippen molar-refractivity contribution in [2.75, 3.05) is 13.2 Å². The van der Waals surface area contributed by atoms with E-state index in [1.165, 1.54) is 0 Å². The van der Waals surface area contributed by atoms with Gasteiger partial charge in [0.2, 0.25) is 5.91 Å². The highest BCUT2D eigenvalue weighted by Crippen LogP contribution is 2.41. The van der Waals surface area contributed by atoms with Crippen molar-refractivity contribution in [1.82, 2.24) is 5.32 Å². The number of amides is 1. The van der Waals surface area contributed by atoms with Crippen LogP contribution in [0, 0.1) is 5.41 Å². The molecule has 2 fully saturated rings. The van der Waals surface area contributed by atoms with Crippen molar-refractivity contribution in [3.63, 3.8) is 0 Å². The summed E-state index contributed by atoms with van der Waals surface area (Å²) in [4.78, 5) is 12.2. The van der Waals surface area contributed by atoms with Gasteiger partial charge in [0.05, 0.1) is 12.6 Å². The molecule has 1 aliphatic heterocycles. The lowest BCUT2D eigenvalue weighted by Crippen LogP contribution is -2.56. The first-order valence-electron chi connectivity index (χ1n) is 6.06. The number of nitrogens with one attached hydrogen (secondary N) is 1. The molecular formula is C11H19N3O3. The van der Waals surface area contributed by atoms with E-state index in [-0.39, 0.29) is 17.8 Å². The van der Waals surface area contributed by atoms with Gasteiger partial charge in [-0.1, -0.05) is 11.6 Å². The van der Waals surface area contributed by atoms with E-state index in [0.717, 1.165) is 25.9 Å². The van der Waals surface area contributed by atoms with Crippen LogP contribution in [0.15, 0.2) is 5.16 Å². The summed E-state index contributed by atoms with van der Waals surface area (Å²) in [5.41, 5.74) is 4.84. The standard InChI is InChI=1S/C11H19N3O3/c12-9(14-16)11(4-2-5-11)10(15)13-8-3-1-6-17-7-8/h8,16H,1-7H2,(H2,12,14)(H,13,15). The average Bonchev–Trinajstić information content (AvgIpc) is 2.28. The molecule has 0 spiro atoms. The fourth-order valence-corrected chi connectivity index (χ4v) is 2.40. The topological polar surface area (TPSA) is 96.9 Å². The lowest BCUT2D eigenvalue weighted by Gasteiger charge is -2.40. The Kier molecular flexibility index (Phi) is 3.51. The van der Waals surface area contributed by atoms with Crippen molar-refractivity contribution in [3.8, 4) is 0 Å². The van der Waals surface area contributed by atoms with Gasteiger partial charge in [0.25, 0.3) is 0 Å². The number of hydrogen-bond donors (Lipinski definition) is 3. The summed E-state index contributed by atoms with van der Waals surface area (Å²) in [7, 11) is 0. The lowest BCUT2D eigenvalue weighted by molar-refractivity contribution is -0.132. The number of nitrogens with two attached hydrogens (primary N) is 1. The smallest absolute Gasteiger partial charge is 0.234 e. The minimum atomic E-state index is -0.786. The van der Waals surface area contributed by atoms with Crippen LogP contribution in [-0.2, 0) is 9.53 Å². The third-order valence-electron chi connectivity index (χ3n) is 3.74. The van der Waals surface area contributed by atoms with Gasteiger partial charge in [0, 0.05) is 6.61 Å². The number of ether oxygens (including phenoxy) is 1. The number of hydrogen-bond acceptors (Lipinski definition) is 4. The Balaban J connectivity index is 1.98. The summed E-state index contributed by atoms with van der Waals surface area (Å²) in [6.45, 7) is 1.32. The zero-order chi connectivity index (χ0) is 12.3. The lowest BCUT2D eigenvalue weighted by atomic mass is 9.67. The molecule has 2 aliphatic rings. The predicted molar refractivity (Wildman–Crippen MR) is 61.7 cm³/mol. The zero-order valence-corrected chi connectivity index (χ0v) is 9.82. The average molecular weight is 241 g/mol. The SMILES string of the molecule is NC(=NO)C1(C(=O)NC2CCCOC2)CCC1. The molecule has 0 radical (unpaired) electrons. The molecule has 4 N–H and O–H groups in total. The van der Waals surface area contributed by atoms with Gasteiger partial charge in [-0.05, 0) is 25.7 Å². The molecule has 1 aliphatic carbocycles.